The summed E-state index contributed by atoms with van der Waals surface area (Å²) in [5.74, 6) is -2.39. The van der Waals surface area contributed by atoms with Crippen molar-refractivity contribution in [3.8, 4) is 0 Å². The molecule has 11 heteroatoms. The molecule has 1 aliphatic heterocycles. The molecule has 0 aromatic heterocycles. The highest BCUT2D eigenvalue weighted by atomic mass is 32.2. The van der Waals surface area contributed by atoms with Crippen molar-refractivity contribution in [1.82, 2.24) is 9.21 Å². The second-order valence-electron chi connectivity index (χ2n) is 8.34. The number of carbonyl (C=O) groups is 1. The number of nitrogens with zero attached hydrogens (tertiary/aromatic N) is 2. The van der Waals surface area contributed by atoms with Gasteiger partial charge in [-0.05, 0) is 54.8 Å². The van der Waals surface area contributed by atoms with Crippen LogP contribution in [0.5, 0.6) is 0 Å². The van der Waals surface area contributed by atoms with E-state index in [0.717, 1.165) is 18.2 Å². The van der Waals surface area contributed by atoms with Crippen LogP contribution in [0.1, 0.15) is 25.3 Å². The van der Waals surface area contributed by atoms with E-state index in [0.29, 0.717) is 18.5 Å². The fraction of sp³-hybridized carbons (Fsp3) is 0.435. The molecule has 3 rings (SSSR count). The Kier molecular flexibility index (Phi) is 7.91. The highest BCUT2D eigenvalue weighted by molar-refractivity contribution is 7.89. The van der Waals surface area contributed by atoms with E-state index in [1.165, 1.54) is 54.7 Å². The van der Waals surface area contributed by atoms with Crippen molar-refractivity contribution < 1.29 is 31.5 Å². The maximum Gasteiger partial charge on any atom is 0.321 e. The molecular formula is C23H29F2N3O5S. The molecule has 1 saturated heterocycles. The zero-order valence-corrected chi connectivity index (χ0v) is 20.4. The van der Waals surface area contributed by atoms with Crippen molar-refractivity contribution in [2.75, 3.05) is 33.1 Å². The summed E-state index contributed by atoms with van der Waals surface area (Å²) < 4.78 is 66.1. The summed E-state index contributed by atoms with van der Waals surface area (Å²) >= 11 is 0. The van der Waals surface area contributed by atoms with Gasteiger partial charge in [0.1, 0.15) is 11.6 Å². The van der Waals surface area contributed by atoms with E-state index < -0.39 is 33.6 Å². The molecule has 1 atom stereocenters. The van der Waals surface area contributed by atoms with Crippen molar-refractivity contribution in [3.05, 3.63) is 59.7 Å². The molecule has 1 heterocycles. The first-order valence-corrected chi connectivity index (χ1v) is 12.2. The molecule has 8 nitrogen and oxygen atoms in total. The molecule has 0 spiro atoms. The predicted octanol–water partition coefficient (Wildman–Crippen LogP) is 4.00. The van der Waals surface area contributed by atoms with E-state index in [4.69, 9.17) is 9.47 Å². The largest absolute Gasteiger partial charge is 0.340 e. The average molecular weight is 498 g/mol. The summed E-state index contributed by atoms with van der Waals surface area (Å²) in [6.45, 7) is 2.10. The van der Waals surface area contributed by atoms with Gasteiger partial charge in [-0.1, -0.05) is 6.92 Å². The van der Waals surface area contributed by atoms with Crippen molar-refractivity contribution in [3.63, 3.8) is 0 Å². The van der Waals surface area contributed by atoms with Crippen LogP contribution in [-0.2, 0) is 26.0 Å². The molecule has 34 heavy (non-hydrogen) atoms. The standard InChI is InChI=1S/C23H29F2N3O5S/c1-16-11-12-28(23(14-16,32-3)33-4)34(30,31)20-8-6-19(7-9-20)26-22(29)27(2)15-17-13-18(24)5-10-21(17)25/h5-10,13,16H,11-12,14-15H2,1-4H3,(H,26,29). The fourth-order valence-corrected chi connectivity index (χ4v) is 5.63. The third kappa shape index (κ3) is 5.38. The molecular weight excluding hydrogens is 468 g/mol. The van der Waals surface area contributed by atoms with Crippen molar-refractivity contribution >= 4 is 21.7 Å². The van der Waals surface area contributed by atoms with Gasteiger partial charge in [0, 0.05) is 45.5 Å². The number of urea groups is 1. The molecule has 0 aliphatic carbocycles. The molecule has 186 valence electrons. The Bertz CT molecular complexity index is 1120. The maximum atomic E-state index is 13.9. The lowest BCUT2D eigenvalue weighted by molar-refractivity contribution is -0.288. The normalized spacial score (nSPS) is 18.5. The van der Waals surface area contributed by atoms with Gasteiger partial charge in [-0.25, -0.2) is 22.0 Å². The van der Waals surface area contributed by atoms with Gasteiger partial charge in [-0.2, -0.15) is 0 Å². The maximum absolute atomic E-state index is 13.9. The number of rotatable bonds is 7. The van der Waals surface area contributed by atoms with Gasteiger partial charge in [-0.3, -0.25) is 0 Å². The third-order valence-electron chi connectivity index (χ3n) is 5.90. The lowest BCUT2D eigenvalue weighted by Gasteiger charge is -2.45. The Balaban J connectivity index is 1.72. The number of nitrogens with one attached hydrogen (secondary N) is 1. The topological polar surface area (TPSA) is 88.2 Å². The van der Waals surface area contributed by atoms with Crippen LogP contribution < -0.4 is 5.32 Å². The first kappa shape index (κ1) is 26.0. The number of methoxy groups -OCH3 is 2. The van der Waals surface area contributed by atoms with Gasteiger partial charge in [-0.15, -0.1) is 4.31 Å². The van der Waals surface area contributed by atoms with Crippen molar-refractivity contribution in [2.24, 2.45) is 5.92 Å². The van der Waals surface area contributed by atoms with Gasteiger partial charge < -0.3 is 19.7 Å². The molecule has 2 amide bonds. The summed E-state index contributed by atoms with van der Waals surface area (Å²) in [4.78, 5) is 13.7. The van der Waals surface area contributed by atoms with E-state index in [2.05, 4.69) is 5.32 Å². The first-order valence-electron chi connectivity index (χ1n) is 10.7. The Labute approximate surface area is 198 Å². The van der Waals surface area contributed by atoms with Crippen LogP contribution >= 0.6 is 0 Å². The second-order valence-corrected chi connectivity index (χ2v) is 10.2. The fourth-order valence-electron chi connectivity index (χ4n) is 3.96. The SMILES string of the molecule is COC1(OC)CC(C)CCN1S(=O)(=O)c1ccc(NC(=O)N(C)Cc2cc(F)ccc2F)cc1. The van der Waals surface area contributed by atoms with Gasteiger partial charge in [0.2, 0.25) is 15.9 Å². The van der Waals surface area contributed by atoms with Crippen LogP contribution in [0, 0.1) is 17.6 Å². The number of piperidine rings is 1. The Morgan fingerprint density at radius 1 is 1.18 bits per heavy atom. The lowest BCUT2D eigenvalue weighted by Crippen LogP contribution is -2.58. The zero-order chi connectivity index (χ0) is 25.1. The van der Waals surface area contributed by atoms with Crippen LogP contribution in [0.3, 0.4) is 0 Å². The number of hydrogen-bond acceptors (Lipinski definition) is 5. The number of ether oxygens (including phenoxy) is 2. The Morgan fingerprint density at radius 3 is 2.44 bits per heavy atom. The number of hydrogen-bond donors (Lipinski definition) is 1. The summed E-state index contributed by atoms with van der Waals surface area (Å²) in [7, 11) is 0.313. The van der Waals surface area contributed by atoms with Crippen molar-refractivity contribution in [1.29, 1.82) is 0 Å². The average Bonchev–Trinajstić information content (AvgIpc) is 2.81. The Hall–Kier alpha value is -2.60. The van der Waals surface area contributed by atoms with Crippen LogP contribution in [0.4, 0.5) is 19.3 Å². The summed E-state index contributed by atoms with van der Waals surface area (Å²) in [6, 6.07) is 8.13. The predicted molar refractivity (Wildman–Crippen MR) is 122 cm³/mol. The molecule has 2 aromatic rings. The van der Waals surface area contributed by atoms with Gasteiger partial charge in [0.15, 0.2) is 0 Å². The molecule has 1 aliphatic rings. The molecule has 1 fully saturated rings. The quantitative estimate of drug-likeness (QED) is 0.585. The smallest absolute Gasteiger partial charge is 0.321 e. The molecule has 0 bridgehead atoms. The number of benzene rings is 2. The minimum absolute atomic E-state index is 0.0220. The van der Waals surface area contributed by atoms with Gasteiger partial charge in [0.25, 0.3) is 0 Å². The zero-order valence-electron chi connectivity index (χ0n) is 19.5. The highest BCUT2D eigenvalue weighted by Crippen LogP contribution is 2.37. The molecule has 1 N–H and O–H groups in total. The molecule has 0 saturated carbocycles. The van der Waals surface area contributed by atoms with Crippen LogP contribution in [0.25, 0.3) is 0 Å². The lowest BCUT2D eigenvalue weighted by atomic mass is 9.97. The van der Waals surface area contributed by atoms with E-state index in [9.17, 15) is 22.0 Å². The number of sulfonamides is 1. The van der Waals surface area contributed by atoms with Gasteiger partial charge in [0.05, 0.1) is 11.4 Å². The van der Waals surface area contributed by atoms with Gasteiger partial charge >= 0.3 is 6.03 Å². The summed E-state index contributed by atoms with van der Waals surface area (Å²) in [6.07, 6.45) is 1.06. The van der Waals surface area contributed by atoms with E-state index in [1.54, 1.807) is 0 Å². The van der Waals surface area contributed by atoms with Crippen LogP contribution in [-0.4, -0.2) is 57.4 Å². The number of halogens is 2. The molecule has 2 aromatic carbocycles. The van der Waals surface area contributed by atoms with E-state index >= 15 is 0 Å². The molecule has 1 unspecified atom stereocenters. The Morgan fingerprint density at radius 2 is 1.82 bits per heavy atom. The van der Waals surface area contributed by atoms with E-state index in [-0.39, 0.29) is 29.5 Å². The number of amides is 2. The second kappa shape index (κ2) is 10.3. The monoisotopic (exact) mass is 497 g/mol. The highest BCUT2D eigenvalue weighted by Gasteiger charge is 2.48. The summed E-state index contributed by atoms with van der Waals surface area (Å²) in [5, 5.41) is 2.61. The van der Waals surface area contributed by atoms with Crippen LogP contribution in [0.2, 0.25) is 0 Å². The van der Waals surface area contributed by atoms with Crippen molar-refractivity contribution in [2.45, 2.75) is 37.1 Å². The minimum atomic E-state index is -3.95. The number of carbonyl (C=O) groups excluding carboxylic acids is 1. The van der Waals surface area contributed by atoms with Crippen LogP contribution in [0.15, 0.2) is 47.4 Å². The number of anilines is 1. The first-order chi connectivity index (χ1) is 16.0. The van der Waals surface area contributed by atoms with E-state index in [1.807, 2.05) is 6.92 Å². The summed E-state index contributed by atoms with van der Waals surface area (Å²) in [5.41, 5.74) is 0.377. The minimum Gasteiger partial charge on any atom is -0.340 e. The molecule has 0 radical (unpaired) electrons. The third-order valence-corrected chi connectivity index (χ3v) is 7.81.